The SMILES string of the molecule is CNC(=S)NN=C(C)CSCC(C)=NNC(=S)NC. The van der Waals surface area contributed by atoms with E-state index in [1.165, 1.54) is 0 Å². The molecule has 0 saturated heterocycles. The first-order valence-electron chi connectivity index (χ1n) is 5.59. The van der Waals surface area contributed by atoms with Crippen molar-refractivity contribution in [1.82, 2.24) is 21.5 Å². The molecular formula is C10H20N6S3. The van der Waals surface area contributed by atoms with Gasteiger partial charge < -0.3 is 10.6 Å². The van der Waals surface area contributed by atoms with Gasteiger partial charge in [-0.25, -0.2) is 0 Å². The van der Waals surface area contributed by atoms with Crippen LogP contribution in [0.4, 0.5) is 0 Å². The monoisotopic (exact) mass is 320 g/mol. The summed E-state index contributed by atoms with van der Waals surface area (Å²) in [6, 6.07) is 0. The normalized spacial score (nSPS) is 11.8. The molecule has 4 N–H and O–H groups in total. The Morgan fingerprint density at radius 1 is 0.895 bits per heavy atom. The van der Waals surface area contributed by atoms with Crippen molar-refractivity contribution < 1.29 is 0 Å². The molecule has 0 aromatic rings. The zero-order valence-electron chi connectivity index (χ0n) is 11.5. The lowest BCUT2D eigenvalue weighted by atomic mass is 10.5. The van der Waals surface area contributed by atoms with Gasteiger partial charge in [-0.2, -0.15) is 10.2 Å². The standard InChI is InChI=1S/C10H20N6S3/c1-7(13-15-9(17)11-3)5-19-6-8(2)14-16-10(18)12-4/h5-6H2,1-4H3,(H2,11,15,17)(H2,12,16,18). The highest BCUT2D eigenvalue weighted by molar-refractivity contribution is 8.00. The van der Waals surface area contributed by atoms with Crippen LogP contribution in [0.25, 0.3) is 0 Å². The van der Waals surface area contributed by atoms with Gasteiger partial charge in [0.15, 0.2) is 10.2 Å². The third-order valence-electron chi connectivity index (χ3n) is 1.77. The topological polar surface area (TPSA) is 72.8 Å². The maximum atomic E-state index is 4.92. The van der Waals surface area contributed by atoms with Gasteiger partial charge >= 0.3 is 0 Å². The highest BCUT2D eigenvalue weighted by Gasteiger charge is 1.97. The van der Waals surface area contributed by atoms with Crippen LogP contribution in [0.3, 0.4) is 0 Å². The van der Waals surface area contributed by atoms with Gasteiger partial charge in [-0.3, -0.25) is 10.9 Å². The second kappa shape index (κ2) is 10.9. The van der Waals surface area contributed by atoms with E-state index in [4.69, 9.17) is 24.4 Å². The summed E-state index contributed by atoms with van der Waals surface area (Å²) in [6.45, 7) is 3.89. The maximum absolute atomic E-state index is 4.92. The molecule has 0 radical (unpaired) electrons. The van der Waals surface area contributed by atoms with Gasteiger partial charge in [0.2, 0.25) is 0 Å². The molecular weight excluding hydrogens is 300 g/mol. The molecule has 0 bridgehead atoms. The molecule has 0 amide bonds. The molecule has 0 heterocycles. The van der Waals surface area contributed by atoms with E-state index in [9.17, 15) is 0 Å². The molecule has 0 aromatic carbocycles. The van der Waals surface area contributed by atoms with Crippen molar-refractivity contribution in [1.29, 1.82) is 0 Å². The van der Waals surface area contributed by atoms with Crippen LogP contribution in [0.2, 0.25) is 0 Å². The molecule has 108 valence electrons. The van der Waals surface area contributed by atoms with Crippen molar-refractivity contribution in [2.75, 3.05) is 25.6 Å². The Morgan fingerprint density at radius 2 is 1.26 bits per heavy atom. The quantitative estimate of drug-likeness (QED) is 0.325. The zero-order valence-corrected chi connectivity index (χ0v) is 14.0. The second-order valence-electron chi connectivity index (χ2n) is 3.57. The van der Waals surface area contributed by atoms with Crippen LogP contribution in [0.1, 0.15) is 13.8 Å². The lowest BCUT2D eigenvalue weighted by Gasteiger charge is -2.05. The Balaban J connectivity index is 3.89. The van der Waals surface area contributed by atoms with Gasteiger partial charge in [-0.05, 0) is 38.3 Å². The number of thiocarbonyl (C=S) groups is 2. The van der Waals surface area contributed by atoms with Gasteiger partial charge in [-0.15, -0.1) is 11.8 Å². The van der Waals surface area contributed by atoms with Gasteiger partial charge in [0.05, 0.1) is 0 Å². The van der Waals surface area contributed by atoms with Crippen molar-refractivity contribution in [2.45, 2.75) is 13.8 Å². The molecule has 0 aliphatic carbocycles. The van der Waals surface area contributed by atoms with E-state index in [0.29, 0.717) is 10.2 Å². The number of hydrazone groups is 2. The number of thioether (sulfide) groups is 1. The van der Waals surface area contributed by atoms with Crippen LogP contribution in [0.5, 0.6) is 0 Å². The lowest BCUT2D eigenvalue weighted by molar-refractivity contribution is 0.971. The van der Waals surface area contributed by atoms with Crippen molar-refractivity contribution in [3.8, 4) is 0 Å². The maximum Gasteiger partial charge on any atom is 0.186 e. The molecule has 9 heteroatoms. The van der Waals surface area contributed by atoms with Crippen molar-refractivity contribution in [2.24, 2.45) is 10.2 Å². The molecule has 0 aliphatic rings. The molecule has 0 rings (SSSR count). The summed E-state index contributed by atoms with van der Waals surface area (Å²) < 4.78 is 0. The fourth-order valence-corrected chi connectivity index (χ4v) is 1.73. The smallest absolute Gasteiger partial charge is 0.186 e. The predicted molar refractivity (Wildman–Crippen MR) is 93.1 cm³/mol. The van der Waals surface area contributed by atoms with Crippen molar-refractivity contribution in [3.05, 3.63) is 0 Å². The lowest BCUT2D eigenvalue weighted by Crippen LogP contribution is -2.29. The predicted octanol–water partition coefficient (Wildman–Crippen LogP) is 0.659. The van der Waals surface area contributed by atoms with E-state index in [0.717, 1.165) is 22.9 Å². The summed E-state index contributed by atoms with van der Waals surface area (Å²) in [6.07, 6.45) is 0. The first-order valence-corrected chi connectivity index (χ1v) is 7.56. The number of nitrogens with one attached hydrogen (secondary N) is 4. The highest BCUT2D eigenvalue weighted by Crippen LogP contribution is 2.01. The summed E-state index contributed by atoms with van der Waals surface area (Å²) in [5.74, 6) is 1.62. The molecule has 0 aliphatic heterocycles. The third-order valence-corrected chi connectivity index (χ3v) is 3.61. The Morgan fingerprint density at radius 3 is 1.58 bits per heavy atom. The minimum absolute atomic E-state index is 0.506. The third kappa shape index (κ3) is 10.7. The zero-order chi connectivity index (χ0) is 14.7. The molecule has 0 unspecified atom stereocenters. The van der Waals surface area contributed by atoms with Crippen molar-refractivity contribution >= 4 is 57.8 Å². The molecule has 19 heavy (non-hydrogen) atoms. The fourth-order valence-electron chi connectivity index (χ4n) is 0.815. The molecule has 0 fully saturated rings. The first-order chi connectivity index (χ1) is 8.99. The summed E-state index contributed by atoms with van der Waals surface area (Å²) in [5, 5.41) is 14.9. The average Bonchev–Trinajstić information content (AvgIpc) is 2.41. The summed E-state index contributed by atoms with van der Waals surface area (Å²) in [4.78, 5) is 0. The van der Waals surface area contributed by atoms with E-state index in [1.54, 1.807) is 25.9 Å². The van der Waals surface area contributed by atoms with Crippen LogP contribution < -0.4 is 21.5 Å². The van der Waals surface area contributed by atoms with Gasteiger partial charge in [0, 0.05) is 37.0 Å². The largest absolute Gasteiger partial charge is 0.364 e. The summed E-state index contributed by atoms with van der Waals surface area (Å²) in [5.41, 5.74) is 7.42. The number of rotatable bonds is 6. The van der Waals surface area contributed by atoms with E-state index in [1.807, 2.05) is 13.8 Å². The number of hydrogen-bond donors (Lipinski definition) is 4. The highest BCUT2D eigenvalue weighted by atomic mass is 32.2. The summed E-state index contributed by atoms with van der Waals surface area (Å²) in [7, 11) is 3.49. The average molecular weight is 321 g/mol. The molecule has 0 atom stereocenters. The van der Waals surface area contributed by atoms with Crippen LogP contribution in [0, 0.1) is 0 Å². The fraction of sp³-hybridized carbons (Fsp3) is 0.600. The Bertz CT molecular complexity index is 332. The Hall–Kier alpha value is -0.930. The van der Waals surface area contributed by atoms with E-state index in [2.05, 4.69) is 31.7 Å². The molecule has 0 spiro atoms. The Kier molecular flexibility index (Phi) is 10.4. The van der Waals surface area contributed by atoms with Crippen LogP contribution >= 0.6 is 36.2 Å². The first kappa shape index (κ1) is 18.1. The van der Waals surface area contributed by atoms with Gasteiger partial charge in [0.25, 0.3) is 0 Å². The summed E-state index contributed by atoms with van der Waals surface area (Å²) >= 11 is 11.6. The molecule has 0 aromatic heterocycles. The minimum Gasteiger partial charge on any atom is -0.364 e. The second-order valence-corrected chi connectivity index (χ2v) is 5.37. The number of nitrogens with zero attached hydrogens (tertiary/aromatic N) is 2. The van der Waals surface area contributed by atoms with E-state index >= 15 is 0 Å². The molecule has 6 nitrogen and oxygen atoms in total. The van der Waals surface area contributed by atoms with Crippen molar-refractivity contribution in [3.63, 3.8) is 0 Å². The van der Waals surface area contributed by atoms with E-state index < -0.39 is 0 Å². The van der Waals surface area contributed by atoms with Gasteiger partial charge in [0.1, 0.15) is 0 Å². The number of hydrogen-bond acceptors (Lipinski definition) is 5. The molecule has 0 saturated carbocycles. The van der Waals surface area contributed by atoms with Crippen LogP contribution in [0.15, 0.2) is 10.2 Å². The van der Waals surface area contributed by atoms with E-state index in [-0.39, 0.29) is 0 Å². The van der Waals surface area contributed by atoms with Gasteiger partial charge in [-0.1, -0.05) is 0 Å². The Labute approximate surface area is 129 Å². The van der Waals surface area contributed by atoms with Crippen LogP contribution in [-0.2, 0) is 0 Å². The van der Waals surface area contributed by atoms with Crippen LogP contribution in [-0.4, -0.2) is 47.2 Å². The minimum atomic E-state index is 0.506.